The van der Waals surface area contributed by atoms with Gasteiger partial charge in [-0.2, -0.15) is 0 Å². The molecular weight excluding hydrogens is 330 g/mol. The van der Waals surface area contributed by atoms with Crippen LogP contribution in [-0.4, -0.2) is 31.1 Å². The van der Waals surface area contributed by atoms with Gasteiger partial charge in [0.15, 0.2) is 0 Å². The highest BCUT2D eigenvalue weighted by Crippen LogP contribution is 2.28. The van der Waals surface area contributed by atoms with E-state index in [9.17, 15) is 4.39 Å². The quantitative estimate of drug-likeness (QED) is 0.846. The van der Waals surface area contributed by atoms with E-state index < -0.39 is 0 Å². The molecule has 0 aromatic heterocycles. The van der Waals surface area contributed by atoms with Crippen molar-refractivity contribution in [2.24, 2.45) is 0 Å². The molecule has 1 aromatic carbocycles. The van der Waals surface area contributed by atoms with E-state index in [1.165, 1.54) is 0 Å². The van der Waals surface area contributed by atoms with Crippen molar-refractivity contribution in [3.63, 3.8) is 0 Å². The summed E-state index contributed by atoms with van der Waals surface area (Å²) in [5.41, 5.74) is 0.848. The van der Waals surface area contributed by atoms with Gasteiger partial charge in [-0.1, -0.05) is 6.92 Å². The lowest BCUT2D eigenvalue weighted by Crippen LogP contribution is -2.45. The Hall–Kier alpha value is -0.200. The molecule has 1 N–H and O–H groups in total. The number of nitrogens with one attached hydrogen (secondary N) is 1. The number of rotatable bonds is 3. The highest BCUT2D eigenvalue weighted by molar-refractivity contribution is 14.1. The molecular formula is C13H18FIN2. The monoisotopic (exact) mass is 348 g/mol. The molecule has 0 unspecified atom stereocenters. The van der Waals surface area contributed by atoms with Crippen LogP contribution in [-0.2, 0) is 0 Å². The minimum Gasteiger partial charge on any atom is -0.314 e. The summed E-state index contributed by atoms with van der Waals surface area (Å²) in [5.74, 6) is -0.0733. The van der Waals surface area contributed by atoms with E-state index in [-0.39, 0.29) is 11.9 Å². The second-order valence-electron chi connectivity index (χ2n) is 4.38. The Bertz CT molecular complexity index is 378. The van der Waals surface area contributed by atoms with Crippen LogP contribution >= 0.6 is 22.6 Å². The molecule has 2 nitrogen and oxygen atoms in total. The van der Waals surface area contributed by atoms with Crippen LogP contribution in [0.25, 0.3) is 0 Å². The fourth-order valence-electron chi connectivity index (χ4n) is 2.44. The molecule has 0 radical (unpaired) electrons. The fraction of sp³-hybridized carbons (Fsp3) is 0.538. The molecule has 1 heterocycles. The first kappa shape index (κ1) is 13.2. The lowest BCUT2D eigenvalue weighted by atomic mass is 10.0. The Kier molecular flexibility index (Phi) is 4.76. The van der Waals surface area contributed by atoms with Gasteiger partial charge in [0, 0.05) is 41.4 Å². The van der Waals surface area contributed by atoms with Crippen molar-refractivity contribution in [3.05, 3.63) is 33.1 Å². The van der Waals surface area contributed by atoms with Crippen molar-refractivity contribution >= 4 is 22.6 Å². The second kappa shape index (κ2) is 6.11. The zero-order chi connectivity index (χ0) is 12.3. The molecule has 1 saturated heterocycles. The van der Waals surface area contributed by atoms with Crippen LogP contribution in [0.3, 0.4) is 0 Å². The summed E-state index contributed by atoms with van der Waals surface area (Å²) in [4.78, 5) is 2.38. The average molecular weight is 348 g/mol. The van der Waals surface area contributed by atoms with Crippen LogP contribution in [0.15, 0.2) is 18.2 Å². The predicted octanol–water partition coefficient (Wildman–Crippen LogP) is 2.79. The summed E-state index contributed by atoms with van der Waals surface area (Å²) in [6.45, 7) is 6.14. The van der Waals surface area contributed by atoms with E-state index in [4.69, 9.17) is 0 Å². The number of nitrogens with zero attached hydrogens (tertiary/aromatic N) is 1. The Morgan fingerprint density at radius 2 is 2.12 bits per heavy atom. The largest absolute Gasteiger partial charge is 0.314 e. The summed E-state index contributed by atoms with van der Waals surface area (Å²) in [7, 11) is 0. The molecule has 1 aliphatic rings. The maximum atomic E-state index is 13.9. The minimum absolute atomic E-state index is 0.0733. The third kappa shape index (κ3) is 3.17. The molecule has 1 aliphatic heterocycles. The maximum absolute atomic E-state index is 13.9. The van der Waals surface area contributed by atoms with Gasteiger partial charge in [0.05, 0.1) is 0 Å². The number of benzene rings is 1. The Morgan fingerprint density at radius 1 is 1.41 bits per heavy atom. The van der Waals surface area contributed by atoms with E-state index in [1.807, 2.05) is 12.1 Å². The van der Waals surface area contributed by atoms with Gasteiger partial charge in [-0.3, -0.25) is 4.90 Å². The zero-order valence-corrected chi connectivity index (χ0v) is 12.2. The molecule has 1 aromatic rings. The Labute approximate surface area is 116 Å². The van der Waals surface area contributed by atoms with Crippen LogP contribution in [0, 0.1) is 9.39 Å². The summed E-state index contributed by atoms with van der Waals surface area (Å²) >= 11 is 2.25. The summed E-state index contributed by atoms with van der Waals surface area (Å²) in [5, 5.41) is 3.33. The van der Waals surface area contributed by atoms with Gasteiger partial charge in [0.25, 0.3) is 0 Å². The van der Waals surface area contributed by atoms with Crippen LogP contribution < -0.4 is 5.32 Å². The second-order valence-corrected chi connectivity index (χ2v) is 5.62. The Balaban J connectivity index is 2.24. The Morgan fingerprint density at radius 3 is 2.76 bits per heavy atom. The maximum Gasteiger partial charge on any atom is 0.128 e. The number of halogens is 2. The van der Waals surface area contributed by atoms with Crippen molar-refractivity contribution in [3.8, 4) is 0 Å². The first-order valence-corrected chi connectivity index (χ1v) is 7.20. The topological polar surface area (TPSA) is 15.3 Å². The third-order valence-corrected chi connectivity index (χ3v) is 3.97. The molecule has 0 bridgehead atoms. The van der Waals surface area contributed by atoms with Gasteiger partial charge in [-0.05, 0) is 47.2 Å². The van der Waals surface area contributed by atoms with Gasteiger partial charge in [-0.15, -0.1) is 0 Å². The van der Waals surface area contributed by atoms with Crippen molar-refractivity contribution in [1.82, 2.24) is 10.2 Å². The van der Waals surface area contributed by atoms with Crippen LogP contribution in [0.2, 0.25) is 0 Å². The van der Waals surface area contributed by atoms with Gasteiger partial charge in [-0.25, -0.2) is 4.39 Å². The number of piperazine rings is 1. The lowest BCUT2D eigenvalue weighted by Gasteiger charge is -2.34. The van der Waals surface area contributed by atoms with Crippen LogP contribution in [0.1, 0.15) is 24.9 Å². The predicted molar refractivity (Wildman–Crippen MR) is 76.6 cm³/mol. The zero-order valence-electron chi connectivity index (χ0n) is 10.0. The fourth-order valence-corrected chi connectivity index (χ4v) is 2.95. The molecule has 1 fully saturated rings. The van der Waals surface area contributed by atoms with Crippen molar-refractivity contribution in [2.45, 2.75) is 19.4 Å². The lowest BCUT2D eigenvalue weighted by molar-refractivity contribution is 0.166. The molecule has 0 amide bonds. The van der Waals surface area contributed by atoms with Gasteiger partial charge in [0.1, 0.15) is 5.82 Å². The van der Waals surface area contributed by atoms with E-state index >= 15 is 0 Å². The third-order valence-electron chi connectivity index (χ3n) is 3.30. The molecule has 1 atom stereocenters. The molecule has 17 heavy (non-hydrogen) atoms. The van der Waals surface area contributed by atoms with E-state index in [0.717, 1.165) is 41.7 Å². The first-order chi connectivity index (χ1) is 8.22. The highest BCUT2D eigenvalue weighted by Gasteiger charge is 2.23. The standard InChI is InChI=1S/C13H18FIN2/c1-2-13(17-7-5-16-6-8-17)11-9-10(15)3-4-12(11)14/h3-4,9,13,16H,2,5-8H2,1H3/t13-/m1/s1. The molecule has 0 aliphatic carbocycles. The molecule has 94 valence electrons. The van der Waals surface area contributed by atoms with Gasteiger partial charge in [0.2, 0.25) is 0 Å². The normalized spacial score (nSPS) is 19.2. The summed E-state index contributed by atoms with van der Waals surface area (Å²) in [6.07, 6.45) is 0.955. The van der Waals surface area contributed by atoms with Crippen LogP contribution in [0.5, 0.6) is 0 Å². The number of hydrogen-bond acceptors (Lipinski definition) is 2. The minimum atomic E-state index is -0.0733. The van der Waals surface area contributed by atoms with Gasteiger partial charge >= 0.3 is 0 Å². The highest BCUT2D eigenvalue weighted by atomic mass is 127. The van der Waals surface area contributed by atoms with E-state index in [2.05, 4.69) is 39.7 Å². The van der Waals surface area contributed by atoms with E-state index in [1.54, 1.807) is 6.07 Å². The molecule has 0 saturated carbocycles. The molecule has 0 spiro atoms. The summed E-state index contributed by atoms with van der Waals surface area (Å²) < 4.78 is 15.0. The van der Waals surface area contributed by atoms with E-state index in [0.29, 0.717) is 0 Å². The van der Waals surface area contributed by atoms with Crippen molar-refractivity contribution in [2.75, 3.05) is 26.2 Å². The average Bonchev–Trinajstić information content (AvgIpc) is 2.36. The SMILES string of the molecule is CC[C@H](c1cc(I)ccc1F)N1CCNCC1. The first-order valence-electron chi connectivity index (χ1n) is 6.12. The van der Waals surface area contributed by atoms with Crippen molar-refractivity contribution in [1.29, 1.82) is 0 Å². The molecule has 2 rings (SSSR count). The number of hydrogen-bond donors (Lipinski definition) is 1. The summed E-state index contributed by atoms with van der Waals surface area (Å²) in [6, 6.07) is 5.60. The van der Waals surface area contributed by atoms with Gasteiger partial charge < -0.3 is 5.32 Å². The van der Waals surface area contributed by atoms with Crippen molar-refractivity contribution < 1.29 is 4.39 Å². The smallest absolute Gasteiger partial charge is 0.128 e. The van der Waals surface area contributed by atoms with Crippen LogP contribution in [0.4, 0.5) is 4.39 Å². The molecule has 4 heteroatoms.